The van der Waals surface area contributed by atoms with Crippen LogP contribution in [-0.4, -0.2) is 24.7 Å². The van der Waals surface area contributed by atoms with Crippen LogP contribution in [0.15, 0.2) is 30.5 Å². The van der Waals surface area contributed by atoms with Crippen molar-refractivity contribution in [3.05, 3.63) is 30.5 Å². The summed E-state index contributed by atoms with van der Waals surface area (Å²) in [6.07, 6.45) is 4.08. The van der Waals surface area contributed by atoms with E-state index >= 15 is 0 Å². The zero-order valence-corrected chi connectivity index (χ0v) is 10.9. The molecule has 4 heteroatoms. The molecule has 1 aliphatic rings. The molecule has 100 valence electrons. The van der Waals surface area contributed by atoms with Crippen molar-refractivity contribution in [2.45, 2.75) is 12.8 Å². The van der Waals surface area contributed by atoms with Gasteiger partial charge in [0.15, 0.2) is 0 Å². The molecule has 0 saturated carbocycles. The number of rotatable bonds is 3. The van der Waals surface area contributed by atoms with Crippen LogP contribution in [0.25, 0.3) is 10.9 Å². The number of nitrogens with zero attached hydrogens (tertiary/aromatic N) is 1. The van der Waals surface area contributed by atoms with Crippen LogP contribution >= 0.6 is 0 Å². The molecular formula is C15H19N3O. The normalized spacial score (nSPS) is 16.6. The van der Waals surface area contributed by atoms with Gasteiger partial charge in [0.1, 0.15) is 0 Å². The Kier molecular flexibility index (Phi) is 3.51. The first-order valence-corrected chi connectivity index (χ1v) is 6.79. The molecule has 0 unspecified atom stereocenters. The molecule has 2 aromatic rings. The van der Waals surface area contributed by atoms with E-state index in [1.165, 1.54) is 0 Å². The highest BCUT2D eigenvalue weighted by Crippen LogP contribution is 2.26. The van der Waals surface area contributed by atoms with Gasteiger partial charge >= 0.3 is 0 Å². The summed E-state index contributed by atoms with van der Waals surface area (Å²) in [5, 5.41) is 4.63. The molecule has 1 aliphatic heterocycles. The summed E-state index contributed by atoms with van der Waals surface area (Å²) in [7, 11) is 0. The predicted molar refractivity (Wildman–Crippen MR) is 78.2 cm³/mol. The first-order chi connectivity index (χ1) is 9.34. The van der Waals surface area contributed by atoms with E-state index in [0.717, 1.165) is 54.9 Å². The molecule has 0 aliphatic carbocycles. The summed E-state index contributed by atoms with van der Waals surface area (Å²) < 4.78 is 5.38. The Morgan fingerprint density at radius 3 is 2.95 bits per heavy atom. The summed E-state index contributed by atoms with van der Waals surface area (Å²) in [5.74, 6) is 0.693. The summed E-state index contributed by atoms with van der Waals surface area (Å²) in [6, 6.07) is 7.93. The van der Waals surface area contributed by atoms with E-state index in [4.69, 9.17) is 10.5 Å². The van der Waals surface area contributed by atoms with Gasteiger partial charge in [-0.15, -0.1) is 0 Å². The van der Waals surface area contributed by atoms with Crippen LogP contribution in [0.5, 0.6) is 0 Å². The van der Waals surface area contributed by atoms with Crippen LogP contribution in [0.4, 0.5) is 11.4 Å². The Hall–Kier alpha value is -1.81. The molecule has 1 aromatic carbocycles. The smallest absolute Gasteiger partial charge is 0.0951 e. The van der Waals surface area contributed by atoms with E-state index in [9.17, 15) is 0 Å². The highest BCUT2D eigenvalue weighted by atomic mass is 16.5. The monoisotopic (exact) mass is 257 g/mol. The molecule has 3 rings (SSSR count). The van der Waals surface area contributed by atoms with E-state index in [0.29, 0.717) is 5.92 Å². The van der Waals surface area contributed by atoms with Crippen molar-refractivity contribution in [2.24, 2.45) is 5.92 Å². The van der Waals surface area contributed by atoms with Gasteiger partial charge in [0, 0.05) is 37.0 Å². The zero-order valence-electron chi connectivity index (χ0n) is 10.9. The van der Waals surface area contributed by atoms with Gasteiger partial charge in [0.05, 0.1) is 11.2 Å². The molecule has 19 heavy (non-hydrogen) atoms. The lowest BCUT2D eigenvalue weighted by Gasteiger charge is -2.23. The van der Waals surface area contributed by atoms with Gasteiger partial charge in [0.25, 0.3) is 0 Å². The van der Waals surface area contributed by atoms with Gasteiger partial charge in [-0.2, -0.15) is 0 Å². The molecule has 3 N–H and O–H groups in total. The first kappa shape index (κ1) is 12.2. The third-order valence-electron chi connectivity index (χ3n) is 3.72. The predicted octanol–water partition coefficient (Wildman–Crippen LogP) is 2.66. The molecular weight excluding hydrogens is 238 g/mol. The van der Waals surface area contributed by atoms with Gasteiger partial charge < -0.3 is 15.8 Å². The number of nitrogen functional groups attached to an aromatic ring is 1. The number of nitrogens with two attached hydrogens (primary N) is 1. The van der Waals surface area contributed by atoms with Crippen LogP contribution in [0.3, 0.4) is 0 Å². The second-order valence-electron chi connectivity index (χ2n) is 5.04. The van der Waals surface area contributed by atoms with E-state index in [1.54, 1.807) is 0 Å². The summed E-state index contributed by atoms with van der Waals surface area (Å²) in [4.78, 5) is 4.35. The third-order valence-corrected chi connectivity index (χ3v) is 3.72. The highest BCUT2D eigenvalue weighted by Gasteiger charge is 2.14. The minimum absolute atomic E-state index is 0.693. The van der Waals surface area contributed by atoms with Crippen LogP contribution in [0.2, 0.25) is 0 Å². The average molecular weight is 257 g/mol. The fraction of sp³-hybridized carbons (Fsp3) is 0.400. The molecule has 1 aromatic heterocycles. The third kappa shape index (κ3) is 2.63. The fourth-order valence-electron chi connectivity index (χ4n) is 2.56. The zero-order chi connectivity index (χ0) is 13.1. The van der Waals surface area contributed by atoms with E-state index < -0.39 is 0 Å². The Bertz CT molecular complexity index is 564. The Morgan fingerprint density at radius 2 is 2.11 bits per heavy atom. The standard InChI is InChI=1S/C15H19N3O/c16-13-3-1-2-12-14(4-7-17-15(12)13)18-10-11-5-8-19-9-6-11/h1-4,7,11H,5-6,8-10,16H2,(H,17,18). The lowest BCUT2D eigenvalue weighted by molar-refractivity contribution is 0.0699. The highest BCUT2D eigenvalue weighted by molar-refractivity contribution is 5.97. The number of hydrogen-bond acceptors (Lipinski definition) is 4. The molecule has 0 radical (unpaired) electrons. The number of fused-ring (bicyclic) bond motifs is 1. The first-order valence-electron chi connectivity index (χ1n) is 6.79. The minimum Gasteiger partial charge on any atom is -0.397 e. The molecule has 0 atom stereocenters. The molecule has 2 heterocycles. The number of ether oxygens (including phenoxy) is 1. The Labute approximate surface area is 113 Å². The van der Waals surface area contributed by atoms with Crippen molar-refractivity contribution in [2.75, 3.05) is 30.8 Å². The van der Waals surface area contributed by atoms with Crippen molar-refractivity contribution in [1.29, 1.82) is 0 Å². The van der Waals surface area contributed by atoms with E-state index in [-0.39, 0.29) is 0 Å². The molecule has 0 bridgehead atoms. The lowest BCUT2D eigenvalue weighted by atomic mass is 10.0. The number of para-hydroxylation sites is 1. The van der Waals surface area contributed by atoms with Gasteiger partial charge in [-0.1, -0.05) is 12.1 Å². The maximum Gasteiger partial charge on any atom is 0.0951 e. The van der Waals surface area contributed by atoms with Crippen molar-refractivity contribution in [3.8, 4) is 0 Å². The van der Waals surface area contributed by atoms with Crippen molar-refractivity contribution in [3.63, 3.8) is 0 Å². The van der Waals surface area contributed by atoms with Gasteiger partial charge in [-0.25, -0.2) is 0 Å². The van der Waals surface area contributed by atoms with Crippen LogP contribution in [0, 0.1) is 5.92 Å². The summed E-state index contributed by atoms with van der Waals surface area (Å²) in [5.41, 5.74) is 8.68. The number of anilines is 2. The Morgan fingerprint density at radius 1 is 1.26 bits per heavy atom. The molecule has 0 amide bonds. The van der Waals surface area contributed by atoms with E-state index in [2.05, 4.69) is 16.4 Å². The van der Waals surface area contributed by atoms with Crippen molar-refractivity contribution < 1.29 is 4.74 Å². The van der Waals surface area contributed by atoms with Crippen LogP contribution < -0.4 is 11.1 Å². The second kappa shape index (κ2) is 5.45. The second-order valence-corrected chi connectivity index (χ2v) is 5.04. The number of hydrogen-bond donors (Lipinski definition) is 2. The van der Waals surface area contributed by atoms with Crippen molar-refractivity contribution in [1.82, 2.24) is 4.98 Å². The fourth-order valence-corrected chi connectivity index (χ4v) is 2.56. The molecule has 1 fully saturated rings. The maximum absolute atomic E-state index is 5.96. The topological polar surface area (TPSA) is 60.2 Å². The summed E-state index contributed by atoms with van der Waals surface area (Å²) >= 11 is 0. The van der Waals surface area contributed by atoms with Crippen LogP contribution in [0.1, 0.15) is 12.8 Å². The van der Waals surface area contributed by atoms with Gasteiger partial charge in [0.2, 0.25) is 0 Å². The number of nitrogens with one attached hydrogen (secondary N) is 1. The minimum atomic E-state index is 0.693. The molecule has 0 spiro atoms. The average Bonchev–Trinajstić information content (AvgIpc) is 2.47. The van der Waals surface area contributed by atoms with Gasteiger partial charge in [-0.3, -0.25) is 4.98 Å². The number of benzene rings is 1. The largest absolute Gasteiger partial charge is 0.397 e. The molecule has 4 nitrogen and oxygen atoms in total. The lowest BCUT2D eigenvalue weighted by Crippen LogP contribution is -2.22. The number of pyridine rings is 1. The van der Waals surface area contributed by atoms with Crippen LogP contribution in [-0.2, 0) is 4.74 Å². The molecule has 1 saturated heterocycles. The number of aromatic nitrogens is 1. The van der Waals surface area contributed by atoms with Gasteiger partial charge in [-0.05, 0) is 30.9 Å². The SMILES string of the molecule is Nc1cccc2c(NCC3CCOCC3)ccnc12. The maximum atomic E-state index is 5.96. The van der Waals surface area contributed by atoms with Crippen molar-refractivity contribution >= 4 is 22.3 Å². The Balaban J connectivity index is 1.79. The van der Waals surface area contributed by atoms with E-state index in [1.807, 2.05) is 24.4 Å². The quantitative estimate of drug-likeness (QED) is 0.830. The summed E-state index contributed by atoms with van der Waals surface area (Å²) in [6.45, 7) is 2.75.